The molecule has 0 aliphatic carbocycles. The molecule has 0 aromatic heterocycles. The van der Waals surface area contributed by atoms with Gasteiger partial charge in [0.25, 0.3) is 5.91 Å². The number of nitrogens with one attached hydrogen (secondary N) is 2. The van der Waals surface area contributed by atoms with Gasteiger partial charge in [-0.1, -0.05) is 30.2 Å². The average molecular weight is 345 g/mol. The Morgan fingerprint density at radius 1 is 1.29 bits per heavy atom. The molecule has 0 saturated carbocycles. The second kappa shape index (κ2) is 7.45. The summed E-state index contributed by atoms with van der Waals surface area (Å²) in [7, 11) is 0. The van der Waals surface area contributed by atoms with Gasteiger partial charge in [-0.2, -0.15) is 5.10 Å². The average Bonchev–Trinajstić information content (AvgIpc) is 2.93. The maximum absolute atomic E-state index is 12.1. The number of anilines is 2. The number of carbonyl (C=O) groups is 1. The fourth-order valence-electron chi connectivity index (χ4n) is 2.40. The van der Waals surface area contributed by atoms with Gasteiger partial charge in [0.05, 0.1) is 23.4 Å². The minimum atomic E-state index is -0.284. The van der Waals surface area contributed by atoms with Crippen molar-refractivity contribution in [2.75, 3.05) is 10.7 Å². The van der Waals surface area contributed by atoms with Crippen LogP contribution in [-0.2, 0) is 20.6 Å². The first-order valence-corrected chi connectivity index (χ1v) is 7.99. The number of aryl methyl sites for hydroxylation is 1. The second-order valence-electron chi connectivity index (χ2n) is 4.97. The molecule has 24 heavy (non-hydrogen) atoms. The van der Waals surface area contributed by atoms with Gasteiger partial charge in [-0.3, -0.25) is 10.2 Å². The first kappa shape index (κ1) is 16.5. The molecule has 3 N–H and O–H groups in total. The van der Waals surface area contributed by atoms with Crippen molar-refractivity contribution in [1.29, 1.82) is 0 Å². The molecule has 0 atom stereocenters. The Kier molecular flexibility index (Phi) is 5.11. The summed E-state index contributed by atoms with van der Waals surface area (Å²) in [6.07, 6.45) is 0.857. The van der Waals surface area contributed by atoms with Crippen LogP contribution in [0.15, 0.2) is 52.5 Å². The van der Waals surface area contributed by atoms with Crippen molar-refractivity contribution in [1.82, 2.24) is 0 Å². The third-order valence-electron chi connectivity index (χ3n) is 3.56. The summed E-state index contributed by atoms with van der Waals surface area (Å²) in [6.45, 7) is 2.05. The van der Waals surface area contributed by atoms with Crippen LogP contribution in [0.2, 0.25) is 0 Å². The van der Waals surface area contributed by atoms with Gasteiger partial charge in [-0.05, 0) is 36.2 Å². The molecule has 7 nitrogen and oxygen atoms in total. The number of fused-ring (bicyclic) bond motifs is 1. The molecule has 2 aromatic carbocycles. The molecule has 0 bridgehead atoms. The minimum absolute atomic E-state index is 0.281. The monoisotopic (exact) mass is 345 g/mol. The van der Waals surface area contributed by atoms with Crippen LogP contribution in [0.4, 0.5) is 11.4 Å². The van der Waals surface area contributed by atoms with E-state index in [0.717, 1.165) is 29.7 Å². The molecule has 0 unspecified atom stereocenters. The van der Waals surface area contributed by atoms with Gasteiger partial charge in [0.2, 0.25) is 0 Å². The van der Waals surface area contributed by atoms with Gasteiger partial charge in [-0.15, -0.1) is 4.33 Å². The highest BCUT2D eigenvalue weighted by Gasteiger charge is 2.26. The number of rotatable bonds is 6. The molecule has 3 rings (SSSR count). The van der Waals surface area contributed by atoms with Crippen molar-refractivity contribution in [3.8, 4) is 0 Å². The fourth-order valence-corrected chi connectivity index (χ4v) is 2.80. The number of carbonyl (C=O) groups excluding carboxylic acids is 1. The van der Waals surface area contributed by atoms with Crippen molar-refractivity contribution in [2.45, 2.75) is 18.2 Å². The fraction of sp³-hybridized carbons (Fsp3) is 0.125. The van der Waals surface area contributed by atoms with E-state index < -0.39 is 0 Å². The molecule has 1 heterocycles. The van der Waals surface area contributed by atoms with E-state index in [1.807, 2.05) is 24.3 Å². The molecular weight excluding hydrogens is 330 g/mol. The van der Waals surface area contributed by atoms with E-state index in [9.17, 15) is 4.79 Å². The highest BCUT2D eigenvalue weighted by Crippen LogP contribution is 2.29. The summed E-state index contributed by atoms with van der Waals surface area (Å²) in [5.74, 6) is -0.284. The van der Waals surface area contributed by atoms with Crippen molar-refractivity contribution in [3.05, 3.63) is 53.6 Å². The quantitative estimate of drug-likeness (QED) is 0.422. The van der Waals surface area contributed by atoms with Crippen LogP contribution >= 0.6 is 12.0 Å². The zero-order valence-corrected chi connectivity index (χ0v) is 13.6. The van der Waals surface area contributed by atoms with E-state index >= 15 is 0 Å². The van der Waals surface area contributed by atoms with Crippen LogP contribution < -0.4 is 10.7 Å². The van der Waals surface area contributed by atoms with Crippen molar-refractivity contribution >= 4 is 35.0 Å². The number of amides is 1. The first-order valence-electron chi connectivity index (χ1n) is 7.25. The second-order valence-corrected chi connectivity index (χ2v) is 5.74. The van der Waals surface area contributed by atoms with E-state index in [1.54, 1.807) is 18.2 Å². The highest BCUT2D eigenvalue weighted by atomic mass is 32.2. The van der Waals surface area contributed by atoms with Crippen molar-refractivity contribution in [3.63, 3.8) is 0 Å². The van der Waals surface area contributed by atoms with Gasteiger partial charge < -0.3 is 5.32 Å². The lowest BCUT2D eigenvalue weighted by atomic mass is 10.1. The summed E-state index contributed by atoms with van der Waals surface area (Å²) in [6, 6.07) is 13.0. The predicted molar refractivity (Wildman–Crippen MR) is 91.7 cm³/mol. The zero-order valence-electron chi connectivity index (χ0n) is 12.8. The topological polar surface area (TPSA) is 92.2 Å². The van der Waals surface area contributed by atoms with Crippen LogP contribution in [-0.4, -0.2) is 16.9 Å². The smallest absolute Gasteiger partial charge is 0.276 e. The number of para-hydroxylation sites is 1. The molecule has 0 saturated heterocycles. The summed E-state index contributed by atoms with van der Waals surface area (Å²) < 4.78 is 4.41. The van der Waals surface area contributed by atoms with Crippen molar-refractivity contribution < 1.29 is 19.4 Å². The van der Waals surface area contributed by atoms with Crippen LogP contribution in [0.1, 0.15) is 18.1 Å². The molecule has 8 heteroatoms. The molecule has 1 amide bonds. The van der Waals surface area contributed by atoms with Gasteiger partial charge >= 0.3 is 0 Å². The lowest BCUT2D eigenvalue weighted by Gasteiger charge is -2.07. The molecule has 0 fully saturated rings. The van der Waals surface area contributed by atoms with E-state index in [1.165, 1.54) is 0 Å². The number of nitrogens with zero attached hydrogens (tertiary/aromatic N) is 1. The molecule has 1 aliphatic heterocycles. The van der Waals surface area contributed by atoms with E-state index in [-0.39, 0.29) is 11.6 Å². The third kappa shape index (κ3) is 3.41. The number of hydrogen-bond acceptors (Lipinski definition) is 7. The zero-order chi connectivity index (χ0) is 16.9. The van der Waals surface area contributed by atoms with Gasteiger partial charge in [0.15, 0.2) is 5.71 Å². The van der Waals surface area contributed by atoms with Gasteiger partial charge in [-0.25, -0.2) is 5.26 Å². The SMILES string of the molecule is CCc1ccccc1N/N=C1\C(=O)Nc2ccc(SOOO)cc21. The van der Waals surface area contributed by atoms with Gasteiger partial charge in [0.1, 0.15) is 0 Å². The van der Waals surface area contributed by atoms with E-state index in [4.69, 9.17) is 5.26 Å². The summed E-state index contributed by atoms with van der Waals surface area (Å²) in [4.78, 5) is 12.8. The Morgan fingerprint density at radius 2 is 2.12 bits per heavy atom. The Hall–Kier alpha value is -2.39. The van der Waals surface area contributed by atoms with E-state index in [0.29, 0.717) is 16.1 Å². The number of hydrazone groups is 1. The molecule has 1 aliphatic rings. The predicted octanol–water partition coefficient (Wildman–Crippen LogP) is 3.45. The maximum Gasteiger partial charge on any atom is 0.276 e. The number of hydrogen-bond donors (Lipinski definition) is 3. The largest absolute Gasteiger partial charge is 0.320 e. The molecular formula is C16H15N3O4S. The maximum atomic E-state index is 12.1. The van der Waals surface area contributed by atoms with E-state index in [2.05, 4.69) is 32.1 Å². The standard InChI is InChI=1S/C16H15N3O4S/c1-2-10-5-3-4-6-13(10)18-19-15-12-9-11(24-23-22-21)7-8-14(12)17-16(15)20/h3-9,18,21H,2H2,1H3,(H,17,19,20). The third-order valence-corrected chi connectivity index (χ3v) is 4.13. The summed E-state index contributed by atoms with van der Waals surface area (Å²) in [5, 5.41) is 18.8. The first-order chi connectivity index (χ1) is 11.7. The normalized spacial score (nSPS) is 14.6. The Bertz CT molecular complexity index is 795. The minimum Gasteiger partial charge on any atom is -0.320 e. The van der Waals surface area contributed by atoms with Crippen LogP contribution in [0, 0.1) is 0 Å². The molecule has 0 radical (unpaired) electrons. The Morgan fingerprint density at radius 3 is 2.92 bits per heavy atom. The Labute approximate surface area is 142 Å². The highest BCUT2D eigenvalue weighted by molar-refractivity contribution is 7.94. The van der Waals surface area contributed by atoms with Crippen LogP contribution in [0.3, 0.4) is 0 Å². The lowest BCUT2D eigenvalue weighted by molar-refractivity contribution is -0.432. The molecule has 0 spiro atoms. The summed E-state index contributed by atoms with van der Waals surface area (Å²) in [5.41, 5.74) is 6.52. The van der Waals surface area contributed by atoms with Crippen LogP contribution in [0.25, 0.3) is 0 Å². The Balaban J connectivity index is 1.88. The molecule has 124 valence electrons. The van der Waals surface area contributed by atoms with Crippen LogP contribution in [0.5, 0.6) is 0 Å². The molecule has 2 aromatic rings. The number of benzene rings is 2. The van der Waals surface area contributed by atoms with Gasteiger partial charge in [0, 0.05) is 10.5 Å². The summed E-state index contributed by atoms with van der Waals surface area (Å²) >= 11 is 0.824. The van der Waals surface area contributed by atoms with Crippen molar-refractivity contribution in [2.24, 2.45) is 5.10 Å². The lowest BCUT2D eigenvalue weighted by Crippen LogP contribution is -2.16.